The molecule has 0 bridgehead atoms. The highest BCUT2D eigenvalue weighted by Crippen LogP contribution is 2.05. The molecule has 18 heavy (non-hydrogen) atoms. The van der Waals surface area contributed by atoms with E-state index in [-0.39, 0.29) is 11.4 Å². The maximum absolute atomic E-state index is 11.7. The molecular formula is C14H23N3O. The maximum atomic E-state index is 11.7. The highest BCUT2D eigenvalue weighted by Gasteiger charge is 2.17. The fourth-order valence-corrected chi connectivity index (χ4v) is 1.51. The van der Waals surface area contributed by atoms with Crippen molar-refractivity contribution in [1.82, 2.24) is 15.6 Å². The van der Waals surface area contributed by atoms with Gasteiger partial charge in [0.05, 0.1) is 12.2 Å². The Bertz CT molecular complexity index is 402. The standard InChI is InChI=1S/C14H23N3O/c1-5-14(3,4)17-13(18)10-15-9-12-8-6-7-11(2)16-12/h6-8,15H,5,9-10H2,1-4H3,(H,17,18). The Kier molecular flexibility index (Phi) is 5.28. The zero-order valence-corrected chi connectivity index (χ0v) is 11.7. The van der Waals surface area contributed by atoms with Gasteiger partial charge >= 0.3 is 0 Å². The maximum Gasteiger partial charge on any atom is 0.234 e. The molecule has 2 N–H and O–H groups in total. The molecule has 0 aliphatic rings. The van der Waals surface area contributed by atoms with Crippen LogP contribution in [0.4, 0.5) is 0 Å². The Morgan fingerprint density at radius 1 is 1.39 bits per heavy atom. The Morgan fingerprint density at radius 3 is 2.72 bits per heavy atom. The van der Waals surface area contributed by atoms with Gasteiger partial charge < -0.3 is 10.6 Å². The lowest BCUT2D eigenvalue weighted by Gasteiger charge is -2.24. The van der Waals surface area contributed by atoms with E-state index in [1.54, 1.807) is 0 Å². The molecule has 0 saturated heterocycles. The van der Waals surface area contributed by atoms with Crippen LogP contribution in [0.1, 0.15) is 38.6 Å². The third kappa shape index (κ3) is 5.27. The molecule has 0 radical (unpaired) electrons. The van der Waals surface area contributed by atoms with Gasteiger partial charge in [0, 0.05) is 17.8 Å². The van der Waals surface area contributed by atoms with Crippen molar-refractivity contribution in [2.75, 3.05) is 6.54 Å². The molecule has 4 heteroatoms. The highest BCUT2D eigenvalue weighted by molar-refractivity contribution is 5.78. The molecule has 1 rings (SSSR count). The second kappa shape index (κ2) is 6.50. The molecule has 1 aromatic rings. The van der Waals surface area contributed by atoms with Crippen LogP contribution in [0.3, 0.4) is 0 Å². The van der Waals surface area contributed by atoms with Crippen LogP contribution in [-0.2, 0) is 11.3 Å². The smallest absolute Gasteiger partial charge is 0.234 e. The summed E-state index contributed by atoms with van der Waals surface area (Å²) in [5, 5.41) is 6.08. The lowest BCUT2D eigenvalue weighted by Crippen LogP contribution is -2.46. The minimum Gasteiger partial charge on any atom is -0.350 e. The lowest BCUT2D eigenvalue weighted by atomic mass is 10.0. The van der Waals surface area contributed by atoms with E-state index in [1.165, 1.54) is 0 Å². The van der Waals surface area contributed by atoms with Gasteiger partial charge in [-0.15, -0.1) is 0 Å². The predicted octanol–water partition coefficient (Wildman–Crippen LogP) is 1.78. The van der Waals surface area contributed by atoms with Crippen LogP contribution in [0.25, 0.3) is 0 Å². The molecule has 0 fully saturated rings. The van der Waals surface area contributed by atoms with Crippen molar-refractivity contribution in [3.63, 3.8) is 0 Å². The molecule has 0 aromatic carbocycles. The van der Waals surface area contributed by atoms with Crippen LogP contribution in [0.2, 0.25) is 0 Å². The molecular weight excluding hydrogens is 226 g/mol. The monoisotopic (exact) mass is 249 g/mol. The number of hydrogen-bond acceptors (Lipinski definition) is 3. The first-order chi connectivity index (χ1) is 8.43. The molecule has 1 aromatic heterocycles. The SMILES string of the molecule is CCC(C)(C)NC(=O)CNCc1cccc(C)n1. The normalized spacial score (nSPS) is 11.3. The minimum atomic E-state index is -0.139. The second-order valence-electron chi connectivity index (χ2n) is 5.16. The number of nitrogens with one attached hydrogen (secondary N) is 2. The first kappa shape index (κ1) is 14.6. The van der Waals surface area contributed by atoms with E-state index < -0.39 is 0 Å². The number of nitrogens with zero attached hydrogens (tertiary/aromatic N) is 1. The van der Waals surface area contributed by atoms with Crippen molar-refractivity contribution < 1.29 is 4.79 Å². The minimum absolute atomic E-state index is 0.0227. The summed E-state index contributed by atoms with van der Waals surface area (Å²) in [5.41, 5.74) is 1.81. The van der Waals surface area contributed by atoms with Gasteiger partial charge in [0.2, 0.25) is 5.91 Å². The van der Waals surface area contributed by atoms with Crippen LogP contribution >= 0.6 is 0 Å². The molecule has 0 saturated carbocycles. The van der Waals surface area contributed by atoms with Crippen molar-refractivity contribution in [3.05, 3.63) is 29.6 Å². The topological polar surface area (TPSA) is 54.0 Å². The van der Waals surface area contributed by atoms with E-state index in [9.17, 15) is 4.79 Å². The number of amides is 1. The van der Waals surface area contributed by atoms with Crippen LogP contribution in [0.5, 0.6) is 0 Å². The van der Waals surface area contributed by atoms with Crippen molar-refractivity contribution >= 4 is 5.91 Å². The Morgan fingerprint density at radius 2 is 2.11 bits per heavy atom. The predicted molar refractivity (Wildman–Crippen MR) is 73.2 cm³/mol. The largest absolute Gasteiger partial charge is 0.350 e. The fourth-order valence-electron chi connectivity index (χ4n) is 1.51. The van der Waals surface area contributed by atoms with Gasteiger partial charge in [-0.25, -0.2) is 0 Å². The highest BCUT2D eigenvalue weighted by atomic mass is 16.2. The Hall–Kier alpha value is -1.42. The zero-order valence-electron chi connectivity index (χ0n) is 11.7. The zero-order chi connectivity index (χ0) is 13.6. The van der Waals surface area contributed by atoms with Crippen molar-refractivity contribution in [2.24, 2.45) is 0 Å². The van der Waals surface area contributed by atoms with Gasteiger partial charge in [0.15, 0.2) is 0 Å². The number of rotatable bonds is 6. The summed E-state index contributed by atoms with van der Waals surface area (Å²) in [6.07, 6.45) is 0.915. The number of pyridine rings is 1. The van der Waals surface area contributed by atoms with E-state index in [2.05, 4.69) is 22.5 Å². The average Bonchev–Trinajstić information content (AvgIpc) is 2.28. The fraction of sp³-hybridized carbons (Fsp3) is 0.571. The first-order valence-corrected chi connectivity index (χ1v) is 6.37. The molecule has 0 unspecified atom stereocenters. The van der Waals surface area contributed by atoms with Gasteiger partial charge in [-0.1, -0.05) is 13.0 Å². The summed E-state index contributed by atoms with van der Waals surface area (Å²) in [6, 6.07) is 5.88. The van der Waals surface area contributed by atoms with E-state index in [0.29, 0.717) is 13.1 Å². The molecule has 4 nitrogen and oxygen atoms in total. The molecule has 1 heterocycles. The second-order valence-corrected chi connectivity index (χ2v) is 5.16. The molecule has 0 aliphatic heterocycles. The van der Waals surface area contributed by atoms with E-state index in [0.717, 1.165) is 17.8 Å². The summed E-state index contributed by atoms with van der Waals surface area (Å²) in [5.74, 6) is 0.0227. The first-order valence-electron chi connectivity index (χ1n) is 6.37. The third-order valence-electron chi connectivity index (χ3n) is 2.90. The number of hydrogen-bond donors (Lipinski definition) is 2. The quantitative estimate of drug-likeness (QED) is 0.808. The Balaban J connectivity index is 2.32. The van der Waals surface area contributed by atoms with Gasteiger partial charge in [0.25, 0.3) is 0 Å². The van der Waals surface area contributed by atoms with Crippen molar-refractivity contribution in [3.8, 4) is 0 Å². The van der Waals surface area contributed by atoms with E-state index >= 15 is 0 Å². The Labute approximate surface area is 109 Å². The number of carbonyl (C=O) groups excluding carboxylic acids is 1. The van der Waals surface area contributed by atoms with Crippen LogP contribution in [0.15, 0.2) is 18.2 Å². The van der Waals surface area contributed by atoms with Gasteiger partial charge in [-0.2, -0.15) is 0 Å². The summed E-state index contributed by atoms with van der Waals surface area (Å²) >= 11 is 0. The molecule has 1 amide bonds. The molecule has 0 aliphatic carbocycles. The average molecular weight is 249 g/mol. The molecule has 0 spiro atoms. The van der Waals surface area contributed by atoms with E-state index in [1.807, 2.05) is 39.0 Å². The van der Waals surface area contributed by atoms with Crippen molar-refractivity contribution in [1.29, 1.82) is 0 Å². The third-order valence-corrected chi connectivity index (χ3v) is 2.90. The lowest BCUT2D eigenvalue weighted by molar-refractivity contribution is -0.121. The van der Waals surface area contributed by atoms with Gasteiger partial charge in [0.1, 0.15) is 0 Å². The van der Waals surface area contributed by atoms with Crippen LogP contribution < -0.4 is 10.6 Å². The molecule has 0 atom stereocenters. The summed E-state index contributed by atoms with van der Waals surface area (Å²) < 4.78 is 0. The van der Waals surface area contributed by atoms with Gasteiger partial charge in [-0.3, -0.25) is 9.78 Å². The van der Waals surface area contributed by atoms with Crippen LogP contribution in [0, 0.1) is 6.92 Å². The number of aryl methyl sites for hydroxylation is 1. The van der Waals surface area contributed by atoms with Gasteiger partial charge in [-0.05, 0) is 39.3 Å². The van der Waals surface area contributed by atoms with Crippen LogP contribution in [-0.4, -0.2) is 23.0 Å². The molecule has 100 valence electrons. The van der Waals surface area contributed by atoms with Crippen molar-refractivity contribution in [2.45, 2.75) is 46.2 Å². The number of carbonyl (C=O) groups is 1. The summed E-state index contributed by atoms with van der Waals surface area (Å²) in [7, 11) is 0. The number of aromatic nitrogens is 1. The van der Waals surface area contributed by atoms with E-state index in [4.69, 9.17) is 0 Å². The summed E-state index contributed by atoms with van der Waals surface area (Å²) in [6.45, 7) is 8.99. The summed E-state index contributed by atoms with van der Waals surface area (Å²) in [4.78, 5) is 16.0.